The molecule has 4 heteroatoms. The first-order valence-electron chi connectivity index (χ1n) is 6.43. The van der Waals surface area contributed by atoms with Crippen LogP contribution in [0.2, 0.25) is 0 Å². The van der Waals surface area contributed by atoms with Gasteiger partial charge in [0, 0.05) is 25.4 Å². The topological polar surface area (TPSA) is 49.8 Å². The molecule has 1 heterocycles. The van der Waals surface area contributed by atoms with Gasteiger partial charge in [0.2, 0.25) is 0 Å². The van der Waals surface area contributed by atoms with Gasteiger partial charge in [0.05, 0.1) is 6.10 Å². The average molecular weight is 253 g/mol. The fourth-order valence-corrected chi connectivity index (χ4v) is 2.06. The third-order valence-corrected chi connectivity index (χ3v) is 3.00. The molecule has 0 radical (unpaired) electrons. The van der Waals surface area contributed by atoms with E-state index in [4.69, 9.17) is 11.2 Å². The maximum absolute atomic E-state index is 11.8. The average Bonchev–Trinajstić information content (AvgIpc) is 2.72. The molecule has 0 spiro atoms. The molecule has 0 aromatic carbocycles. The predicted octanol–water partition coefficient (Wildman–Crippen LogP) is 2.02. The van der Waals surface area contributed by atoms with Gasteiger partial charge in [0.15, 0.2) is 0 Å². The highest BCUT2D eigenvalue weighted by atomic mass is 16.6. The van der Waals surface area contributed by atoms with Crippen LogP contribution in [0, 0.1) is 18.3 Å². The number of hydrogen-bond donors (Lipinski definition) is 1. The molecule has 102 valence electrons. The first-order chi connectivity index (χ1) is 8.33. The number of aliphatic hydroxyl groups excluding tert-OH is 1. The van der Waals surface area contributed by atoms with E-state index >= 15 is 0 Å². The molecule has 2 atom stereocenters. The Morgan fingerprint density at radius 3 is 2.83 bits per heavy atom. The smallest absolute Gasteiger partial charge is 0.410 e. The molecule has 0 aliphatic carbocycles. The maximum atomic E-state index is 11.8. The Kier molecular flexibility index (Phi) is 5.03. The molecule has 1 rings (SSSR count). The van der Waals surface area contributed by atoms with Gasteiger partial charge in [-0.1, -0.05) is 0 Å². The molecule has 1 N–H and O–H groups in total. The summed E-state index contributed by atoms with van der Waals surface area (Å²) in [4.78, 5) is 13.5. The van der Waals surface area contributed by atoms with Crippen LogP contribution in [0.5, 0.6) is 0 Å². The molecule has 18 heavy (non-hydrogen) atoms. The zero-order valence-electron chi connectivity index (χ0n) is 11.5. The van der Waals surface area contributed by atoms with Crippen molar-refractivity contribution in [2.45, 2.75) is 51.7 Å². The molecule has 0 bridgehead atoms. The molecule has 1 fully saturated rings. The molecular weight excluding hydrogens is 230 g/mol. The van der Waals surface area contributed by atoms with Crippen LogP contribution in [0.25, 0.3) is 0 Å². The normalized spacial score (nSPS) is 21.5. The van der Waals surface area contributed by atoms with Crippen LogP contribution >= 0.6 is 0 Å². The van der Waals surface area contributed by atoms with Crippen molar-refractivity contribution in [1.29, 1.82) is 0 Å². The van der Waals surface area contributed by atoms with Crippen LogP contribution in [0.3, 0.4) is 0 Å². The lowest BCUT2D eigenvalue weighted by molar-refractivity contribution is 0.0267. The fraction of sp³-hybridized carbons (Fsp3) is 0.786. The number of terminal acetylenes is 1. The SMILES string of the molecule is C#CCCC(O)C1CCN(C(=O)OC(C)(C)C)C1. The Labute approximate surface area is 109 Å². The molecule has 1 saturated heterocycles. The summed E-state index contributed by atoms with van der Waals surface area (Å²) in [6.07, 6.45) is 6.44. The lowest BCUT2D eigenvalue weighted by Gasteiger charge is -2.25. The highest BCUT2D eigenvalue weighted by Gasteiger charge is 2.32. The Hall–Kier alpha value is -1.21. The third-order valence-electron chi connectivity index (χ3n) is 3.00. The lowest BCUT2D eigenvalue weighted by Crippen LogP contribution is -2.36. The second-order valence-corrected chi connectivity index (χ2v) is 5.79. The van der Waals surface area contributed by atoms with Crippen molar-refractivity contribution in [3.8, 4) is 12.3 Å². The quantitative estimate of drug-likeness (QED) is 0.783. The monoisotopic (exact) mass is 253 g/mol. The number of hydrogen-bond acceptors (Lipinski definition) is 3. The number of amides is 1. The Morgan fingerprint density at radius 1 is 1.61 bits per heavy atom. The first-order valence-corrected chi connectivity index (χ1v) is 6.43. The summed E-state index contributed by atoms with van der Waals surface area (Å²) in [5.41, 5.74) is -0.475. The molecular formula is C14H23NO3. The van der Waals surface area contributed by atoms with Gasteiger partial charge in [-0.05, 0) is 33.6 Å². The van der Waals surface area contributed by atoms with E-state index in [0.29, 0.717) is 25.9 Å². The summed E-state index contributed by atoms with van der Waals surface area (Å²) in [5, 5.41) is 9.94. The van der Waals surface area contributed by atoms with E-state index in [1.54, 1.807) is 4.90 Å². The van der Waals surface area contributed by atoms with Gasteiger partial charge in [0.25, 0.3) is 0 Å². The summed E-state index contributed by atoms with van der Waals surface area (Å²) in [7, 11) is 0. The van der Waals surface area contributed by atoms with Crippen LogP contribution in [0.4, 0.5) is 4.79 Å². The Bertz CT molecular complexity index is 327. The zero-order valence-corrected chi connectivity index (χ0v) is 11.5. The summed E-state index contributed by atoms with van der Waals surface area (Å²) < 4.78 is 5.30. The number of rotatable bonds is 3. The van der Waals surface area contributed by atoms with Crippen molar-refractivity contribution in [3.05, 3.63) is 0 Å². The van der Waals surface area contributed by atoms with Crippen molar-refractivity contribution < 1.29 is 14.6 Å². The van der Waals surface area contributed by atoms with Gasteiger partial charge < -0.3 is 14.7 Å². The summed E-state index contributed by atoms with van der Waals surface area (Å²) in [6.45, 7) is 6.74. The Balaban J connectivity index is 2.41. The van der Waals surface area contributed by atoms with Gasteiger partial charge in [-0.15, -0.1) is 12.3 Å². The van der Waals surface area contributed by atoms with E-state index in [9.17, 15) is 9.90 Å². The van der Waals surface area contributed by atoms with Crippen molar-refractivity contribution in [2.24, 2.45) is 5.92 Å². The van der Waals surface area contributed by atoms with Crippen molar-refractivity contribution in [2.75, 3.05) is 13.1 Å². The van der Waals surface area contributed by atoms with Crippen LogP contribution in [0.15, 0.2) is 0 Å². The van der Waals surface area contributed by atoms with E-state index in [-0.39, 0.29) is 12.0 Å². The van der Waals surface area contributed by atoms with Crippen molar-refractivity contribution >= 4 is 6.09 Å². The van der Waals surface area contributed by atoms with Crippen LogP contribution in [0.1, 0.15) is 40.0 Å². The van der Waals surface area contributed by atoms with Crippen LogP contribution < -0.4 is 0 Å². The Morgan fingerprint density at radius 2 is 2.28 bits per heavy atom. The number of carbonyl (C=O) groups is 1. The van der Waals surface area contributed by atoms with Crippen LogP contribution in [-0.4, -0.2) is 40.9 Å². The first kappa shape index (κ1) is 14.8. The van der Waals surface area contributed by atoms with Crippen molar-refractivity contribution in [3.63, 3.8) is 0 Å². The van der Waals surface area contributed by atoms with E-state index in [2.05, 4.69) is 5.92 Å². The van der Waals surface area contributed by atoms with E-state index < -0.39 is 11.7 Å². The summed E-state index contributed by atoms with van der Waals surface area (Å²) >= 11 is 0. The molecule has 0 aromatic rings. The van der Waals surface area contributed by atoms with Crippen LogP contribution in [-0.2, 0) is 4.74 Å². The summed E-state index contributed by atoms with van der Waals surface area (Å²) in [5.74, 6) is 2.64. The largest absolute Gasteiger partial charge is 0.444 e. The number of likely N-dealkylation sites (tertiary alicyclic amines) is 1. The van der Waals surface area contributed by atoms with E-state index in [0.717, 1.165) is 6.42 Å². The lowest BCUT2D eigenvalue weighted by atomic mass is 9.98. The number of carbonyl (C=O) groups excluding carboxylic acids is 1. The van der Waals surface area contributed by atoms with Gasteiger partial charge in [0.1, 0.15) is 5.60 Å². The maximum Gasteiger partial charge on any atom is 0.410 e. The van der Waals surface area contributed by atoms with E-state index in [1.165, 1.54) is 0 Å². The number of ether oxygens (including phenoxy) is 1. The molecule has 1 aliphatic heterocycles. The molecule has 0 aromatic heterocycles. The zero-order chi connectivity index (χ0) is 13.8. The highest BCUT2D eigenvalue weighted by Crippen LogP contribution is 2.23. The standard InChI is InChI=1S/C14H23NO3/c1-5-6-7-12(16)11-8-9-15(10-11)13(17)18-14(2,3)4/h1,11-12,16H,6-10H2,2-4H3. The molecule has 0 saturated carbocycles. The number of aliphatic hydroxyl groups is 1. The fourth-order valence-electron chi connectivity index (χ4n) is 2.06. The minimum Gasteiger partial charge on any atom is -0.444 e. The van der Waals surface area contributed by atoms with Gasteiger partial charge in [-0.3, -0.25) is 0 Å². The van der Waals surface area contributed by atoms with Gasteiger partial charge >= 0.3 is 6.09 Å². The van der Waals surface area contributed by atoms with E-state index in [1.807, 2.05) is 20.8 Å². The molecule has 4 nitrogen and oxygen atoms in total. The summed E-state index contributed by atoms with van der Waals surface area (Å²) in [6, 6.07) is 0. The minimum atomic E-state index is -0.475. The predicted molar refractivity (Wildman–Crippen MR) is 70.0 cm³/mol. The molecule has 1 amide bonds. The second kappa shape index (κ2) is 6.10. The minimum absolute atomic E-state index is 0.117. The highest BCUT2D eigenvalue weighted by molar-refractivity contribution is 5.68. The number of nitrogens with zero attached hydrogens (tertiary/aromatic N) is 1. The third kappa shape index (κ3) is 4.58. The molecule has 2 unspecified atom stereocenters. The molecule has 1 aliphatic rings. The van der Waals surface area contributed by atoms with Gasteiger partial charge in [-0.25, -0.2) is 4.79 Å². The van der Waals surface area contributed by atoms with Gasteiger partial charge in [-0.2, -0.15) is 0 Å². The second-order valence-electron chi connectivity index (χ2n) is 5.79. The van der Waals surface area contributed by atoms with Crippen molar-refractivity contribution in [1.82, 2.24) is 4.90 Å².